The zero-order valence-corrected chi connectivity index (χ0v) is 7.00. The molecule has 1 amide bonds. The fourth-order valence-corrected chi connectivity index (χ4v) is 1.19. The molecule has 0 radical (unpaired) electrons. The van der Waals surface area contributed by atoms with Crippen LogP contribution < -0.4 is 15.8 Å². The molecular formula is C7H8N4O2. The predicted molar refractivity (Wildman–Crippen MR) is 45.6 cm³/mol. The van der Waals surface area contributed by atoms with Gasteiger partial charge in [-0.1, -0.05) is 0 Å². The lowest BCUT2D eigenvalue weighted by Gasteiger charge is -2.25. The Hall–Kier alpha value is -1.85. The molecule has 0 aromatic carbocycles. The standard InChI is InChI=1S/C7H8N4O2/c1-11-3-9-7(13)5-6(11)10-4(12)2-8-5/h2H,3H2,1H3,(H,9,13)(H,10,12). The highest BCUT2D eigenvalue weighted by Crippen LogP contribution is 2.13. The monoisotopic (exact) mass is 180 g/mol. The first-order valence-corrected chi connectivity index (χ1v) is 3.77. The number of carbonyl (C=O) groups excluding carboxylic acids is 1. The van der Waals surface area contributed by atoms with Gasteiger partial charge >= 0.3 is 0 Å². The highest BCUT2D eigenvalue weighted by molar-refractivity contribution is 5.98. The maximum atomic E-state index is 11.2. The number of H-pyrrole nitrogens is 1. The fourth-order valence-electron chi connectivity index (χ4n) is 1.19. The van der Waals surface area contributed by atoms with Crippen LogP contribution >= 0.6 is 0 Å². The average molecular weight is 180 g/mol. The van der Waals surface area contributed by atoms with E-state index in [9.17, 15) is 9.59 Å². The van der Waals surface area contributed by atoms with Crippen LogP contribution in [0.4, 0.5) is 5.82 Å². The van der Waals surface area contributed by atoms with Crippen molar-refractivity contribution in [3.63, 3.8) is 0 Å². The highest BCUT2D eigenvalue weighted by atomic mass is 16.2. The van der Waals surface area contributed by atoms with Gasteiger partial charge in [-0.05, 0) is 0 Å². The predicted octanol–water partition coefficient (Wildman–Crippen LogP) is -1.09. The van der Waals surface area contributed by atoms with Crippen LogP contribution in [0.5, 0.6) is 0 Å². The van der Waals surface area contributed by atoms with Crippen LogP contribution in [0.25, 0.3) is 0 Å². The van der Waals surface area contributed by atoms with Gasteiger partial charge in [0.05, 0.1) is 12.9 Å². The second-order valence-corrected chi connectivity index (χ2v) is 2.81. The third kappa shape index (κ3) is 1.16. The van der Waals surface area contributed by atoms with E-state index in [2.05, 4.69) is 15.3 Å². The van der Waals surface area contributed by atoms with Crippen LogP contribution in [0.15, 0.2) is 11.0 Å². The van der Waals surface area contributed by atoms with E-state index in [4.69, 9.17) is 0 Å². The Kier molecular flexibility index (Phi) is 1.54. The van der Waals surface area contributed by atoms with Crippen LogP contribution in [0.3, 0.4) is 0 Å². The largest absolute Gasteiger partial charge is 0.342 e. The second-order valence-electron chi connectivity index (χ2n) is 2.81. The molecule has 2 rings (SSSR count). The van der Waals surface area contributed by atoms with Gasteiger partial charge in [0, 0.05) is 7.05 Å². The van der Waals surface area contributed by atoms with E-state index in [0.717, 1.165) is 6.20 Å². The Morgan fingerprint density at radius 3 is 3.08 bits per heavy atom. The third-order valence-corrected chi connectivity index (χ3v) is 1.85. The third-order valence-electron chi connectivity index (χ3n) is 1.85. The molecule has 68 valence electrons. The summed E-state index contributed by atoms with van der Waals surface area (Å²) >= 11 is 0. The molecule has 2 heterocycles. The Morgan fingerprint density at radius 1 is 1.54 bits per heavy atom. The van der Waals surface area contributed by atoms with Crippen LogP contribution in [-0.4, -0.2) is 29.6 Å². The normalized spacial score (nSPS) is 15.2. The highest BCUT2D eigenvalue weighted by Gasteiger charge is 2.21. The van der Waals surface area contributed by atoms with E-state index in [1.165, 1.54) is 0 Å². The van der Waals surface area contributed by atoms with E-state index in [1.807, 2.05) is 0 Å². The quantitative estimate of drug-likeness (QED) is 0.531. The van der Waals surface area contributed by atoms with E-state index < -0.39 is 0 Å². The number of hydrogen-bond acceptors (Lipinski definition) is 4. The van der Waals surface area contributed by atoms with Crippen LogP contribution in [-0.2, 0) is 0 Å². The molecule has 6 nitrogen and oxygen atoms in total. The first kappa shape index (κ1) is 7.78. The molecule has 0 fully saturated rings. The molecule has 13 heavy (non-hydrogen) atoms. The van der Waals surface area contributed by atoms with Gasteiger partial charge in [-0.15, -0.1) is 0 Å². The van der Waals surface area contributed by atoms with Gasteiger partial charge in [0.15, 0.2) is 5.69 Å². The number of fused-ring (bicyclic) bond motifs is 1. The maximum absolute atomic E-state index is 11.2. The number of nitrogens with zero attached hydrogens (tertiary/aromatic N) is 2. The first-order chi connectivity index (χ1) is 6.18. The van der Waals surface area contributed by atoms with Gasteiger partial charge in [0.25, 0.3) is 11.5 Å². The van der Waals surface area contributed by atoms with Gasteiger partial charge in [-0.2, -0.15) is 0 Å². The molecule has 0 spiro atoms. The molecule has 0 atom stereocenters. The number of hydrogen-bond donors (Lipinski definition) is 2. The van der Waals surface area contributed by atoms with Crippen molar-refractivity contribution < 1.29 is 4.79 Å². The average Bonchev–Trinajstić information content (AvgIpc) is 2.12. The van der Waals surface area contributed by atoms with E-state index in [-0.39, 0.29) is 17.2 Å². The van der Waals surface area contributed by atoms with E-state index >= 15 is 0 Å². The Morgan fingerprint density at radius 2 is 2.31 bits per heavy atom. The van der Waals surface area contributed by atoms with Gasteiger partial charge in [0.1, 0.15) is 5.82 Å². The molecule has 6 heteroatoms. The minimum Gasteiger partial charge on any atom is -0.342 e. The molecule has 0 unspecified atom stereocenters. The number of carbonyl (C=O) groups is 1. The van der Waals surface area contributed by atoms with Crippen molar-refractivity contribution in [3.8, 4) is 0 Å². The lowest BCUT2D eigenvalue weighted by atomic mass is 10.3. The SMILES string of the molecule is CN1CNC(=O)c2ncc(=O)[nH]c21. The smallest absolute Gasteiger partial charge is 0.275 e. The van der Waals surface area contributed by atoms with Gasteiger partial charge in [0.2, 0.25) is 0 Å². The number of aromatic nitrogens is 2. The van der Waals surface area contributed by atoms with Crippen LogP contribution in [0.2, 0.25) is 0 Å². The summed E-state index contributed by atoms with van der Waals surface area (Å²) < 4.78 is 0. The topological polar surface area (TPSA) is 78.1 Å². The molecule has 1 aromatic rings. The Balaban J connectivity index is 2.63. The summed E-state index contributed by atoms with van der Waals surface area (Å²) in [5.41, 5.74) is -0.0475. The molecule has 0 saturated carbocycles. The molecule has 0 bridgehead atoms. The van der Waals surface area contributed by atoms with Crippen molar-refractivity contribution in [3.05, 3.63) is 22.2 Å². The molecular weight excluding hydrogens is 172 g/mol. The number of rotatable bonds is 0. The Bertz CT molecular complexity index is 411. The zero-order valence-electron chi connectivity index (χ0n) is 7.00. The number of anilines is 1. The van der Waals surface area contributed by atoms with Crippen molar-refractivity contribution in [1.82, 2.24) is 15.3 Å². The van der Waals surface area contributed by atoms with E-state index in [1.54, 1.807) is 11.9 Å². The summed E-state index contributed by atoms with van der Waals surface area (Å²) in [4.78, 5) is 30.2. The minimum absolute atomic E-state index is 0.258. The summed E-state index contributed by atoms with van der Waals surface area (Å²) in [5.74, 6) is 0.209. The second kappa shape index (κ2) is 2.58. The molecule has 0 aliphatic carbocycles. The van der Waals surface area contributed by atoms with Gasteiger partial charge in [-0.3, -0.25) is 9.59 Å². The maximum Gasteiger partial charge on any atom is 0.275 e. The van der Waals surface area contributed by atoms with Crippen molar-refractivity contribution in [2.45, 2.75) is 0 Å². The lowest BCUT2D eigenvalue weighted by Crippen LogP contribution is -2.43. The molecule has 2 N–H and O–H groups in total. The van der Waals surface area contributed by atoms with Crippen LogP contribution in [0, 0.1) is 0 Å². The van der Waals surface area contributed by atoms with Gasteiger partial charge in [-0.25, -0.2) is 4.98 Å². The van der Waals surface area contributed by atoms with Crippen LogP contribution in [0.1, 0.15) is 10.5 Å². The summed E-state index contributed by atoms with van der Waals surface area (Å²) in [5, 5.41) is 2.61. The first-order valence-electron chi connectivity index (χ1n) is 3.77. The van der Waals surface area contributed by atoms with Gasteiger partial charge < -0.3 is 15.2 Å². The molecule has 1 aliphatic heterocycles. The fraction of sp³-hybridized carbons (Fsp3) is 0.286. The van der Waals surface area contributed by atoms with Crippen molar-refractivity contribution in [1.29, 1.82) is 0 Å². The van der Waals surface area contributed by atoms with E-state index in [0.29, 0.717) is 12.5 Å². The molecule has 1 aliphatic rings. The summed E-state index contributed by atoms with van der Waals surface area (Å²) in [6.07, 6.45) is 1.09. The zero-order chi connectivity index (χ0) is 9.42. The minimum atomic E-state index is -0.305. The summed E-state index contributed by atoms with van der Waals surface area (Å²) in [6, 6.07) is 0. The van der Waals surface area contributed by atoms with Crippen molar-refractivity contribution in [2.75, 3.05) is 18.6 Å². The molecule has 0 saturated heterocycles. The number of amides is 1. The van der Waals surface area contributed by atoms with Crippen molar-refractivity contribution >= 4 is 11.7 Å². The number of aromatic amines is 1. The Labute approximate surface area is 73.6 Å². The lowest BCUT2D eigenvalue weighted by molar-refractivity contribution is 0.0942. The molecule has 1 aromatic heterocycles. The van der Waals surface area contributed by atoms with Crippen molar-refractivity contribution in [2.24, 2.45) is 0 Å². The number of nitrogens with one attached hydrogen (secondary N) is 2. The summed E-state index contributed by atoms with van der Waals surface area (Å²) in [7, 11) is 1.76. The summed E-state index contributed by atoms with van der Waals surface area (Å²) in [6.45, 7) is 0.382.